The fourth-order valence-electron chi connectivity index (χ4n) is 2.47. The first kappa shape index (κ1) is 15.7. The summed E-state index contributed by atoms with van der Waals surface area (Å²) in [4.78, 5) is 2.14. The first-order valence-corrected chi connectivity index (χ1v) is 7.29. The molecular formula is C17H21ClN2O. The third-order valence-electron chi connectivity index (χ3n) is 3.49. The van der Waals surface area contributed by atoms with E-state index in [0.717, 1.165) is 27.6 Å². The second-order valence-corrected chi connectivity index (χ2v) is 5.54. The van der Waals surface area contributed by atoms with E-state index in [1.165, 1.54) is 0 Å². The summed E-state index contributed by atoms with van der Waals surface area (Å²) >= 11 is 6.24. The van der Waals surface area contributed by atoms with Crippen molar-refractivity contribution >= 4 is 17.3 Å². The van der Waals surface area contributed by atoms with E-state index in [9.17, 15) is 0 Å². The Labute approximate surface area is 131 Å². The summed E-state index contributed by atoms with van der Waals surface area (Å²) in [6.45, 7) is 2.68. The highest BCUT2D eigenvalue weighted by molar-refractivity contribution is 6.31. The molecule has 4 heteroatoms. The molecule has 0 aliphatic heterocycles. The summed E-state index contributed by atoms with van der Waals surface area (Å²) < 4.78 is 5.44. The van der Waals surface area contributed by atoms with Crippen LogP contribution in [0, 0.1) is 0 Å². The van der Waals surface area contributed by atoms with Crippen LogP contribution in [0.25, 0.3) is 0 Å². The minimum Gasteiger partial charge on any atom is -0.496 e. The van der Waals surface area contributed by atoms with Gasteiger partial charge in [0, 0.05) is 35.9 Å². The Balaban J connectivity index is 2.35. The predicted octanol–water partition coefficient (Wildman–Crippen LogP) is 4.00. The Kier molecular flexibility index (Phi) is 5.10. The molecule has 0 aliphatic rings. The minimum atomic E-state index is -0.107. The molecule has 2 N–H and O–H groups in total. The molecule has 0 heterocycles. The number of nitrogens with zero attached hydrogens (tertiary/aromatic N) is 1. The number of ether oxygens (including phenoxy) is 1. The van der Waals surface area contributed by atoms with Gasteiger partial charge in [-0.05, 0) is 30.7 Å². The van der Waals surface area contributed by atoms with Crippen LogP contribution < -0.4 is 15.4 Å². The van der Waals surface area contributed by atoms with Crippen LogP contribution in [0.4, 0.5) is 5.69 Å². The summed E-state index contributed by atoms with van der Waals surface area (Å²) in [6.07, 6.45) is 0. The lowest BCUT2D eigenvalue weighted by molar-refractivity contribution is 0.407. The van der Waals surface area contributed by atoms with Crippen LogP contribution in [0.1, 0.15) is 24.1 Å². The fourth-order valence-corrected chi connectivity index (χ4v) is 2.66. The van der Waals surface area contributed by atoms with E-state index >= 15 is 0 Å². The lowest BCUT2D eigenvalue weighted by Crippen LogP contribution is -2.21. The average Bonchev–Trinajstić information content (AvgIpc) is 2.48. The highest BCUT2D eigenvalue weighted by Gasteiger charge is 2.16. The number of hydrogen-bond acceptors (Lipinski definition) is 3. The van der Waals surface area contributed by atoms with E-state index in [0.29, 0.717) is 6.54 Å². The number of rotatable bonds is 5. The van der Waals surface area contributed by atoms with Crippen LogP contribution in [0.15, 0.2) is 42.5 Å². The van der Waals surface area contributed by atoms with Gasteiger partial charge in [-0.25, -0.2) is 0 Å². The van der Waals surface area contributed by atoms with Gasteiger partial charge >= 0.3 is 0 Å². The van der Waals surface area contributed by atoms with Crippen LogP contribution in [-0.2, 0) is 6.54 Å². The quantitative estimate of drug-likeness (QED) is 0.907. The normalized spacial score (nSPS) is 12.0. The lowest BCUT2D eigenvalue weighted by atomic mass is 10.0. The van der Waals surface area contributed by atoms with Crippen LogP contribution in [0.5, 0.6) is 5.75 Å². The Morgan fingerprint density at radius 3 is 2.52 bits per heavy atom. The maximum atomic E-state index is 6.24. The Bertz CT molecular complexity index is 613. The molecule has 0 aliphatic carbocycles. The highest BCUT2D eigenvalue weighted by Crippen LogP contribution is 2.34. The second kappa shape index (κ2) is 6.83. The average molecular weight is 305 g/mol. The molecule has 2 aromatic carbocycles. The topological polar surface area (TPSA) is 38.5 Å². The zero-order valence-corrected chi connectivity index (χ0v) is 13.4. The molecule has 2 aromatic rings. The predicted molar refractivity (Wildman–Crippen MR) is 89.2 cm³/mol. The molecule has 3 nitrogen and oxygen atoms in total. The van der Waals surface area contributed by atoms with Crippen molar-refractivity contribution in [2.75, 3.05) is 19.1 Å². The van der Waals surface area contributed by atoms with E-state index in [1.807, 2.05) is 50.4 Å². The zero-order valence-electron chi connectivity index (χ0n) is 12.6. The summed E-state index contributed by atoms with van der Waals surface area (Å²) in [5.41, 5.74) is 9.27. The van der Waals surface area contributed by atoms with Crippen LogP contribution in [-0.4, -0.2) is 14.2 Å². The molecule has 0 amide bonds. The van der Waals surface area contributed by atoms with Crippen molar-refractivity contribution in [3.8, 4) is 5.75 Å². The van der Waals surface area contributed by atoms with Crippen molar-refractivity contribution in [1.82, 2.24) is 0 Å². The zero-order chi connectivity index (χ0) is 15.4. The molecule has 0 fully saturated rings. The number of nitrogens with two attached hydrogens (primary N) is 1. The molecular weight excluding hydrogens is 284 g/mol. The van der Waals surface area contributed by atoms with Gasteiger partial charge in [-0.15, -0.1) is 0 Å². The molecule has 112 valence electrons. The van der Waals surface area contributed by atoms with Crippen LogP contribution in [0.2, 0.25) is 5.02 Å². The molecule has 0 saturated carbocycles. The fraction of sp³-hybridized carbons (Fsp3) is 0.294. The SMILES string of the molecule is COc1cccc(N(C)Cc2ccccc2Cl)c1C(C)N. The first-order valence-electron chi connectivity index (χ1n) is 6.91. The maximum absolute atomic E-state index is 6.24. The van der Waals surface area contributed by atoms with Crippen LogP contribution in [0.3, 0.4) is 0 Å². The summed E-state index contributed by atoms with van der Waals surface area (Å²) in [5, 5.41) is 0.773. The van der Waals surface area contributed by atoms with E-state index < -0.39 is 0 Å². The van der Waals surface area contributed by atoms with Crippen molar-refractivity contribution in [3.63, 3.8) is 0 Å². The van der Waals surface area contributed by atoms with E-state index in [1.54, 1.807) is 7.11 Å². The smallest absolute Gasteiger partial charge is 0.125 e. The molecule has 2 rings (SSSR count). The number of halogens is 1. The van der Waals surface area contributed by atoms with E-state index in [-0.39, 0.29) is 6.04 Å². The molecule has 0 bridgehead atoms. The summed E-state index contributed by atoms with van der Waals surface area (Å²) in [6, 6.07) is 13.7. The van der Waals surface area contributed by atoms with Gasteiger partial charge in [-0.1, -0.05) is 35.9 Å². The molecule has 1 atom stereocenters. The van der Waals surface area contributed by atoms with E-state index in [2.05, 4.69) is 11.0 Å². The molecule has 1 unspecified atom stereocenters. The second-order valence-electron chi connectivity index (χ2n) is 5.13. The number of anilines is 1. The van der Waals surface area contributed by atoms with Crippen molar-refractivity contribution in [3.05, 3.63) is 58.6 Å². The van der Waals surface area contributed by atoms with Gasteiger partial charge in [-0.2, -0.15) is 0 Å². The van der Waals surface area contributed by atoms with E-state index in [4.69, 9.17) is 22.1 Å². The number of methoxy groups -OCH3 is 1. The Hall–Kier alpha value is -1.71. The van der Waals surface area contributed by atoms with Gasteiger partial charge in [-0.3, -0.25) is 0 Å². The highest BCUT2D eigenvalue weighted by atomic mass is 35.5. The van der Waals surface area contributed by atoms with Crippen molar-refractivity contribution < 1.29 is 4.74 Å². The summed E-state index contributed by atoms with van der Waals surface area (Å²) in [5.74, 6) is 0.813. The third kappa shape index (κ3) is 3.49. The summed E-state index contributed by atoms with van der Waals surface area (Å²) in [7, 11) is 3.70. The van der Waals surface area contributed by atoms with Gasteiger partial charge < -0.3 is 15.4 Å². The van der Waals surface area contributed by atoms with Crippen molar-refractivity contribution in [2.24, 2.45) is 5.73 Å². The molecule has 0 aromatic heterocycles. The Morgan fingerprint density at radius 2 is 1.90 bits per heavy atom. The van der Waals surface area contributed by atoms with Crippen molar-refractivity contribution in [2.45, 2.75) is 19.5 Å². The van der Waals surface area contributed by atoms with Gasteiger partial charge in [0.25, 0.3) is 0 Å². The molecule has 0 radical (unpaired) electrons. The van der Waals surface area contributed by atoms with Crippen LogP contribution >= 0.6 is 11.6 Å². The Morgan fingerprint density at radius 1 is 1.19 bits per heavy atom. The number of benzene rings is 2. The first-order chi connectivity index (χ1) is 10.0. The lowest BCUT2D eigenvalue weighted by Gasteiger charge is -2.26. The maximum Gasteiger partial charge on any atom is 0.125 e. The number of hydrogen-bond donors (Lipinski definition) is 1. The monoisotopic (exact) mass is 304 g/mol. The molecule has 0 spiro atoms. The van der Waals surface area contributed by atoms with Gasteiger partial charge in [0.05, 0.1) is 7.11 Å². The van der Waals surface area contributed by atoms with Gasteiger partial charge in [0.15, 0.2) is 0 Å². The molecule has 21 heavy (non-hydrogen) atoms. The standard InChI is InChI=1S/C17H21ClN2O/c1-12(19)17-15(9-6-10-16(17)21-3)20(2)11-13-7-4-5-8-14(13)18/h4-10,12H,11,19H2,1-3H3. The molecule has 0 saturated heterocycles. The largest absolute Gasteiger partial charge is 0.496 e. The third-order valence-corrected chi connectivity index (χ3v) is 3.86. The van der Waals surface area contributed by atoms with Gasteiger partial charge in [0.2, 0.25) is 0 Å². The van der Waals surface area contributed by atoms with Gasteiger partial charge in [0.1, 0.15) is 5.75 Å². The van der Waals surface area contributed by atoms with Crippen molar-refractivity contribution in [1.29, 1.82) is 0 Å². The minimum absolute atomic E-state index is 0.107.